The van der Waals surface area contributed by atoms with Gasteiger partial charge in [-0.2, -0.15) is 0 Å². The minimum atomic E-state index is -0.0341. The van der Waals surface area contributed by atoms with Crippen LogP contribution in [0.4, 0.5) is 0 Å². The van der Waals surface area contributed by atoms with Gasteiger partial charge in [-0.1, -0.05) is 61.4 Å². The van der Waals surface area contributed by atoms with E-state index in [0.29, 0.717) is 10.0 Å². The van der Waals surface area contributed by atoms with Crippen LogP contribution < -0.4 is 5.73 Å². The summed E-state index contributed by atoms with van der Waals surface area (Å²) in [5, 5.41) is 1.39. The van der Waals surface area contributed by atoms with Crippen molar-refractivity contribution in [2.24, 2.45) is 11.7 Å². The van der Waals surface area contributed by atoms with Crippen LogP contribution in [0.2, 0.25) is 10.0 Å². The van der Waals surface area contributed by atoms with Crippen LogP contribution in [-0.4, -0.2) is 0 Å². The van der Waals surface area contributed by atoms with Gasteiger partial charge in [-0.15, -0.1) is 0 Å². The number of halogens is 2. The zero-order valence-electron chi connectivity index (χ0n) is 10.7. The molecule has 0 radical (unpaired) electrons. The van der Waals surface area contributed by atoms with Gasteiger partial charge in [0.1, 0.15) is 0 Å². The van der Waals surface area contributed by atoms with Crippen LogP contribution in [0.5, 0.6) is 0 Å². The molecule has 2 N–H and O–H groups in total. The molecule has 0 aromatic heterocycles. The van der Waals surface area contributed by atoms with Gasteiger partial charge in [0.2, 0.25) is 0 Å². The third-order valence-corrected chi connectivity index (χ3v) is 4.64. The predicted octanol–water partition coefficient (Wildman–Crippen LogP) is 5.35. The predicted molar refractivity (Wildman–Crippen MR) is 79.2 cm³/mol. The van der Waals surface area contributed by atoms with Crippen molar-refractivity contribution < 1.29 is 0 Å². The summed E-state index contributed by atoms with van der Waals surface area (Å²) in [7, 11) is 0. The molecule has 1 atom stereocenters. The Balaban J connectivity index is 1.92. The highest BCUT2D eigenvalue weighted by atomic mass is 35.5. The average molecular weight is 286 g/mol. The highest BCUT2D eigenvalue weighted by Gasteiger charge is 2.18. The maximum absolute atomic E-state index is 6.24. The van der Waals surface area contributed by atoms with Gasteiger partial charge in [0.15, 0.2) is 0 Å². The van der Waals surface area contributed by atoms with Crippen LogP contribution in [0.25, 0.3) is 0 Å². The van der Waals surface area contributed by atoms with Crippen LogP contribution in [-0.2, 0) is 0 Å². The lowest BCUT2D eigenvalue weighted by Crippen LogP contribution is -2.14. The first kappa shape index (κ1) is 14.2. The molecule has 1 fully saturated rings. The summed E-state index contributed by atoms with van der Waals surface area (Å²) < 4.78 is 0. The van der Waals surface area contributed by atoms with Gasteiger partial charge < -0.3 is 5.73 Å². The van der Waals surface area contributed by atoms with E-state index in [0.717, 1.165) is 17.9 Å². The Morgan fingerprint density at radius 2 is 1.72 bits per heavy atom. The molecule has 1 unspecified atom stereocenters. The summed E-state index contributed by atoms with van der Waals surface area (Å²) in [6.07, 6.45) is 9.07. The van der Waals surface area contributed by atoms with Crippen molar-refractivity contribution in [3.8, 4) is 0 Å². The lowest BCUT2D eigenvalue weighted by atomic mass is 9.84. The molecule has 18 heavy (non-hydrogen) atoms. The van der Waals surface area contributed by atoms with Crippen LogP contribution in [0.1, 0.15) is 56.6 Å². The van der Waals surface area contributed by atoms with Gasteiger partial charge in [-0.3, -0.25) is 0 Å². The lowest BCUT2D eigenvalue weighted by molar-refractivity contribution is 0.324. The number of hydrogen-bond acceptors (Lipinski definition) is 1. The molecule has 0 heterocycles. The molecule has 1 aromatic carbocycles. The summed E-state index contributed by atoms with van der Waals surface area (Å²) in [5.41, 5.74) is 7.16. The molecular weight excluding hydrogens is 265 g/mol. The lowest BCUT2D eigenvalue weighted by Gasteiger charge is -2.23. The fourth-order valence-electron chi connectivity index (χ4n) is 2.90. The van der Waals surface area contributed by atoms with Gasteiger partial charge in [0.05, 0.1) is 0 Å². The third kappa shape index (κ3) is 3.63. The Labute approximate surface area is 120 Å². The standard InChI is InChI=1S/C15H21Cl2N/c16-12-7-4-8-13(17)15(12)14(18)10-9-11-5-2-1-3-6-11/h4,7-8,11,14H,1-3,5-6,9-10,18H2. The molecule has 2 rings (SSSR count). The van der Waals surface area contributed by atoms with Crippen molar-refractivity contribution in [1.29, 1.82) is 0 Å². The van der Waals surface area contributed by atoms with Crippen LogP contribution in [0, 0.1) is 5.92 Å². The SMILES string of the molecule is NC(CCC1CCCCC1)c1c(Cl)cccc1Cl. The second-order valence-corrected chi connectivity index (χ2v) is 6.14. The van der Waals surface area contributed by atoms with Crippen molar-refractivity contribution in [3.05, 3.63) is 33.8 Å². The normalized spacial score (nSPS) is 18.8. The quantitative estimate of drug-likeness (QED) is 0.792. The molecule has 1 aliphatic carbocycles. The zero-order chi connectivity index (χ0) is 13.0. The maximum Gasteiger partial charge on any atom is 0.0468 e. The smallest absolute Gasteiger partial charge is 0.0468 e. The van der Waals surface area contributed by atoms with Gasteiger partial charge in [-0.25, -0.2) is 0 Å². The van der Waals surface area contributed by atoms with Crippen LogP contribution in [0.3, 0.4) is 0 Å². The molecule has 0 amide bonds. The van der Waals surface area contributed by atoms with Crippen molar-refractivity contribution in [2.75, 3.05) is 0 Å². The molecule has 0 bridgehead atoms. The average Bonchev–Trinajstić information content (AvgIpc) is 2.37. The molecule has 3 heteroatoms. The van der Waals surface area contributed by atoms with Gasteiger partial charge in [0, 0.05) is 21.7 Å². The molecule has 100 valence electrons. The van der Waals surface area contributed by atoms with Gasteiger partial charge >= 0.3 is 0 Å². The summed E-state index contributed by atoms with van der Waals surface area (Å²) >= 11 is 12.4. The Morgan fingerprint density at radius 1 is 1.11 bits per heavy atom. The summed E-state index contributed by atoms with van der Waals surface area (Å²) in [5.74, 6) is 0.853. The minimum absolute atomic E-state index is 0.0341. The van der Waals surface area contributed by atoms with Crippen molar-refractivity contribution in [1.82, 2.24) is 0 Å². The number of benzene rings is 1. The number of rotatable bonds is 4. The Morgan fingerprint density at radius 3 is 2.33 bits per heavy atom. The van der Waals surface area contributed by atoms with E-state index in [9.17, 15) is 0 Å². The second kappa shape index (κ2) is 6.79. The van der Waals surface area contributed by atoms with E-state index >= 15 is 0 Å². The van der Waals surface area contributed by atoms with Crippen molar-refractivity contribution in [3.63, 3.8) is 0 Å². The van der Waals surface area contributed by atoms with Crippen molar-refractivity contribution >= 4 is 23.2 Å². The molecule has 1 aromatic rings. The Kier molecular flexibility index (Phi) is 5.35. The minimum Gasteiger partial charge on any atom is -0.324 e. The molecule has 1 aliphatic rings. The zero-order valence-corrected chi connectivity index (χ0v) is 12.2. The van der Waals surface area contributed by atoms with E-state index in [1.807, 2.05) is 18.2 Å². The Bertz CT molecular complexity index is 366. The van der Waals surface area contributed by atoms with Crippen LogP contribution >= 0.6 is 23.2 Å². The third-order valence-electron chi connectivity index (χ3n) is 3.98. The van der Waals surface area contributed by atoms with E-state index in [4.69, 9.17) is 28.9 Å². The first-order chi connectivity index (χ1) is 8.68. The van der Waals surface area contributed by atoms with E-state index in [1.165, 1.54) is 38.5 Å². The topological polar surface area (TPSA) is 26.0 Å². The largest absolute Gasteiger partial charge is 0.324 e. The van der Waals surface area contributed by atoms with E-state index in [1.54, 1.807) is 0 Å². The fourth-order valence-corrected chi connectivity index (χ4v) is 3.58. The molecular formula is C15H21Cl2N. The van der Waals surface area contributed by atoms with Gasteiger partial charge in [-0.05, 0) is 30.9 Å². The number of hydrogen-bond donors (Lipinski definition) is 1. The monoisotopic (exact) mass is 285 g/mol. The first-order valence-electron chi connectivity index (χ1n) is 6.88. The van der Waals surface area contributed by atoms with Gasteiger partial charge in [0.25, 0.3) is 0 Å². The Hall–Kier alpha value is -0.240. The first-order valence-corrected chi connectivity index (χ1v) is 7.63. The second-order valence-electron chi connectivity index (χ2n) is 5.32. The van der Waals surface area contributed by atoms with E-state index in [2.05, 4.69) is 0 Å². The van der Waals surface area contributed by atoms with E-state index in [-0.39, 0.29) is 6.04 Å². The summed E-state index contributed by atoms with van der Waals surface area (Å²) in [4.78, 5) is 0. The molecule has 1 nitrogen and oxygen atoms in total. The maximum atomic E-state index is 6.24. The van der Waals surface area contributed by atoms with Crippen LogP contribution in [0.15, 0.2) is 18.2 Å². The highest BCUT2D eigenvalue weighted by molar-refractivity contribution is 6.36. The molecule has 0 spiro atoms. The van der Waals surface area contributed by atoms with E-state index < -0.39 is 0 Å². The fraction of sp³-hybridized carbons (Fsp3) is 0.600. The summed E-state index contributed by atoms with van der Waals surface area (Å²) in [6.45, 7) is 0. The highest BCUT2D eigenvalue weighted by Crippen LogP contribution is 2.34. The number of nitrogens with two attached hydrogens (primary N) is 1. The molecule has 0 saturated heterocycles. The molecule has 1 saturated carbocycles. The molecule has 0 aliphatic heterocycles. The van der Waals surface area contributed by atoms with Crippen molar-refractivity contribution in [2.45, 2.75) is 51.0 Å². The summed E-state index contributed by atoms with van der Waals surface area (Å²) in [6, 6.07) is 5.56.